The summed E-state index contributed by atoms with van der Waals surface area (Å²) in [6.07, 6.45) is 5.48. The molecule has 3 nitrogen and oxygen atoms in total. The predicted octanol–water partition coefficient (Wildman–Crippen LogP) is 4.53. The number of pyridine rings is 2. The van der Waals surface area contributed by atoms with Crippen LogP contribution in [0.25, 0.3) is 21.8 Å². The fraction of sp³-hybridized carbons (Fsp3) is 0. The summed E-state index contributed by atoms with van der Waals surface area (Å²) in [5.41, 5.74) is 3.85. The van der Waals surface area contributed by atoms with Crippen molar-refractivity contribution in [1.82, 2.24) is 9.97 Å². The summed E-state index contributed by atoms with van der Waals surface area (Å²) in [6.45, 7) is 0. The molecule has 0 amide bonds. The average molecular weight is 283 g/mol. The van der Waals surface area contributed by atoms with Crippen molar-refractivity contribution in [1.29, 1.82) is 0 Å². The predicted molar refractivity (Wildman–Crippen MR) is 90.7 cm³/mol. The molecule has 2 aromatic carbocycles. The van der Waals surface area contributed by atoms with Crippen molar-refractivity contribution in [2.75, 3.05) is 0 Å². The second-order valence-corrected chi connectivity index (χ2v) is 5.07. The highest BCUT2D eigenvalue weighted by Gasteiger charge is 1.99. The maximum Gasteiger partial charge on any atom is 0.0739 e. The molecule has 4 rings (SSSR count). The second-order valence-electron chi connectivity index (χ2n) is 5.07. The molecular formula is C19H13N3. The highest BCUT2D eigenvalue weighted by atomic mass is 14.8. The Balaban J connectivity index is 1.75. The number of nitrogens with zero attached hydrogens (tertiary/aromatic N) is 3. The van der Waals surface area contributed by atoms with Gasteiger partial charge in [0.15, 0.2) is 0 Å². The van der Waals surface area contributed by atoms with Gasteiger partial charge in [-0.2, -0.15) is 0 Å². The van der Waals surface area contributed by atoms with Gasteiger partial charge in [0, 0.05) is 34.9 Å². The Morgan fingerprint density at radius 1 is 0.818 bits per heavy atom. The van der Waals surface area contributed by atoms with E-state index in [1.54, 1.807) is 6.20 Å². The zero-order valence-corrected chi connectivity index (χ0v) is 11.8. The summed E-state index contributed by atoms with van der Waals surface area (Å²) in [7, 11) is 0. The number of hydrogen-bond acceptors (Lipinski definition) is 3. The molecule has 0 atom stereocenters. The number of hydrogen-bond donors (Lipinski definition) is 0. The third-order valence-electron chi connectivity index (χ3n) is 3.59. The molecule has 0 N–H and O–H groups in total. The molecule has 0 fully saturated rings. The highest BCUT2D eigenvalue weighted by Crippen LogP contribution is 2.23. The Morgan fingerprint density at radius 2 is 1.64 bits per heavy atom. The van der Waals surface area contributed by atoms with E-state index in [1.165, 1.54) is 0 Å². The number of fused-ring (bicyclic) bond motifs is 2. The van der Waals surface area contributed by atoms with E-state index in [1.807, 2.05) is 60.9 Å². The largest absolute Gasteiger partial charge is 0.256 e. The molecule has 0 aliphatic rings. The minimum absolute atomic E-state index is 0.916. The molecule has 0 radical (unpaired) electrons. The summed E-state index contributed by atoms with van der Waals surface area (Å²) >= 11 is 0. The third-order valence-corrected chi connectivity index (χ3v) is 3.59. The van der Waals surface area contributed by atoms with E-state index in [2.05, 4.69) is 27.1 Å². The maximum absolute atomic E-state index is 4.61. The minimum atomic E-state index is 0.916. The summed E-state index contributed by atoms with van der Waals surface area (Å²) < 4.78 is 0. The van der Waals surface area contributed by atoms with Crippen molar-refractivity contribution in [3.05, 3.63) is 78.6 Å². The van der Waals surface area contributed by atoms with E-state index in [-0.39, 0.29) is 0 Å². The van der Waals surface area contributed by atoms with E-state index in [4.69, 9.17) is 0 Å². The van der Waals surface area contributed by atoms with Crippen molar-refractivity contribution < 1.29 is 0 Å². The van der Waals surface area contributed by atoms with Crippen LogP contribution in [0, 0.1) is 0 Å². The fourth-order valence-corrected chi connectivity index (χ4v) is 2.50. The van der Waals surface area contributed by atoms with Crippen LogP contribution < -0.4 is 0 Å². The van der Waals surface area contributed by atoms with Gasteiger partial charge < -0.3 is 0 Å². The molecule has 104 valence electrons. The maximum atomic E-state index is 4.61. The van der Waals surface area contributed by atoms with E-state index in [9.17, 15) is 0 Å². The highest BCUT2D eigenvalue weighted by molar-refractivity contribution is 5.94. The number of aliphatic imine (C=N–C) groups is 1. The standard InChI is InChI=1S/C19H13N3/c1-3-7-17-15(5-1)11-14(12-21-17)13-22-19-9-10-20-18-8-4-2-6-16(18)19/h1-13H. The fourth-order valence-electron chi connectivity index (χ4n) is 2.50. The van der Waals surface area contributed by atoms with Crippen molar-refractivity contribution >= 4 is 33.7 Å². The van der Waals surface area contributed by atoms with Gasteiger partial charge in [-0.15, -0.1) is 0 Å². The van der Waals surface area contributed by atoms with Crippen LogP contribution in [-0.4, -0.2) is 16.2 Å². The van der Waals surface area contributed by atoms with Gasteiger partial charge in [0.2, 0.25) is 0 Å². The molecule has 2 aromatic heterocycles. The number of para-hydroxylation sites is 2. The Hall–Kier alpha value is -3.07. The van der Waals surface area contributed by atoms with Crippen LogP contribution in [0.5, 0.6) is 0 Å². The van der Waals surface area contributed by atoms with Gasteiger partial charge in [-0.05, 0) is 24.3 Å². The lowest BCUT2D eigenvalue weighted by Crippen LogP contribution is -1.85. The molecule has 3 heteroatoms. The first-order valence-corrected chi connectivity index (χ1v) is 7.13. The van der Waals surface area contributed by atoms with Crippen LogP contribution in [-0.2, 0) is 0 Å². The zero-order chi connectivity index (χ0) is 14.8. The lowest BCUT2D eigenvalue weighted by Gasteiger charge is -2.01. The molecule has 0 spiro atoms. The van der Waals surface area contributed by atoms with Crippen LogP contribution in [0.3, 0.4) is 0 Å². The Kier molecular flexibility index (Phi) is 3.09. The van der Waals surface area contributed by atoms with E-state index < -0.39 is 0 Å². The molecule has 0 saturated carbocycles. The van der Waals surface area contributed by atoms with Gasteiger partial charge in [0.25, 0.3) is 0 Å². The molecule has 0 aliphatic carbocycles. The quantitative estimate of drug-likeness (QED) is 0.507. The monoisotopic (exact) mass is 283 g/mol. The lowest BCUT2D eigenvalue weighted by molar-refractivity contribution is 1.38. The molecule has 0 saturated heterocycles. The average Bonchev–Trinajstić information content (AvgIpc) is 2.60. The number of aromatic nitrogens is 2. The minimum Gasteiger partial charge on any atom is -0.256 e. The van der Waals surface area contributed by atoms with Crippen LogP contribution in [0.2, 0.25) is 0 Å². The smallest absolute Gasteiger partial charge is 0.0739 e. The summed E-state index contributed by atoms with van der Waals surface area (Å²) in [4.78, 5) is 13.4. The van der Waals surface area contributed by atoms with Gasteiger partial charge in [-0.3, -0.25) is 15.0 Å². The Labute approximate surface area is 128 Å². The van der Waals surface area contributed by atoms with E-state index >= 15 is 0 Å². The molecular weight excluding hydrogens is 270 g/mol. The van der Waals surface area contributed by atoms with E-state index in [0.717, 1.165) is 33.1 Å². The summed E-state index contributed by atoms with van der Waals surface area (Å²) in [5.74, 6) is 0. The van der Waals surface area contributed by atoms with Gasteiger partial charge in [-0.25, -0.2) is 0 Å². The van der Waals surface area contributed by atoms with Crippen LogP contribution in [0.4, 0.5) is 5.69 Å². The first kappa shape index (κ1) is 12.7. The molecule has 22 heavy (non-hydrogen) atoms. The van der Waals surface area contributed by atoms with Crippen molar-refractivity contribution in [2.24, 2.45) is 4.99 Å². The number of rotatable bonds is 2. The number of benzene rings is 2. The molecule has 0 aliphatic heterocycles. The van der Waals surface area contributed by atoms with Crippen LogP contribution in [0.15, 0.2) is 78.0 Å². The topological polar surface area (TPSA) is 38.1 Å². The Morgan fingerprint density at radius 3 is 2.59 bits per heavy atom. The first-order chi connectivity index (χ1) is 10.9. The van der Waals surface area contributed by atoms with Gasteiger partial charge in [0.05, 0.1) is 16.7 Å². The van der Waals surface area contributed by atoms with Gasteiger partial charge in [-0.1, -0.05) is 36.4 Å². The van der Waals surface area contributed by atoms with Crippen molar-refractivity contribution in [3.8, 4) is 0 Å². The Bertz CT molecular complexity index is 984. The molecule has 4 aromatic rings. The van der Waals surface area contributed by atoms with Gasteiger partial charge in [0.1, 0.15) is 0 Å². The molecule has 2 heterocycles. The van der Waals surface area contributed by atoms with Crippen LogP contribution in [0.1, 0.15) is 5.56 Å². The van der Waals surface area contributed by atoms with Crippen molar-refractivity contribution in [2.45, 2.75) is 0 Å². The summed E-state index contributed by atoms with van der Waals surface area (Å²) in [6, 6.07) is 20.1. The second kappa shape index (κ2) is 5.37. The molecule has 0 unspecified atom stereocenters. The molecule has 0 bridgehead atoms. The first-order valence-electron chi connectivity index (χ1n) is 7.13. The van der Waals surface area contributed by atoms with E-state index in [0.29, 0.717) is 0 Å². The lowest BCUT2D eigenvalue weighted by atomic mass is 10.1. The SMILES string of the molecule is C(=Nc1ccnc2ccccc12)c1cnc2ccccc2c1. The van der Waals surface area contributed by atoms with Crippen molar-refractivity contribution in [3.63, 3.8) is 0 Å². The third kappa shape index (κ3) is 2.33. The zero-order valence-electron chi connectivity index (χ0n) is 11.8. The van der Waals surface area contributed by atoms with Gasteiger partial charge >= 0.3 is 0 Å². The van der Waals surface area contributed by atoms with Crippen LogP contribution >= 0.6 is 0 Å². The normalized spacial score (nSPS) is 11.5. The summed E-state index contributed by atoms with van der Waals surface area (Å²) in [5, 5.41) is 2.17.